The number of hydrogen-bond donors (Lipinski definition) is 1. The summed E-state index contributed by atoms with van der Waals surface area (Å²) in [7, 11) is 0. The number of carbonyl (C=O) groups excluding carboxylic acids is 1. The van der Waals surface area contributed by atoms with Gasteiger partial charge in [0.2, 0.25) is 0 Å². The number of benzene rings is 1. The fourth-order valence-corrected chi connectivity index (χ4v) is 1.52. The molecule has 0 aliphatic rings. The fourth-order valence-electron chi connectivity index (χ4n) is 1.52. The van der Waals surface area contributed by atoms with Gasteiger partial charge < -0.3 is 5.32 Å². The molecule has 2 nitrogen and oxygen atoms in total. The van der Waals surface area contributed by atoms with Gasteiger partial charge in [0.1, 0.15) is 17.2 Å². The van der Waals surface area contributed by atoms with Gasteiger partial charge in [-0.1, -0.05) is 19.4 Å². The van der Waals surface area contributed by atoms with Crippen molar-refractivity contribution in [3.05, 3.63) is 35.4 Å². The Kier molecular flexibility index (Phi) is 4.40. The van der Waals surface area contributed by atoms with Gasteiger partial charge in [-0.05, 0) is 25.5 Å². The third kappa shape index (κ3) is 3.02. The second-order valence-corrected chi connectivity index (χ2v) is 3.76. The van der Waals surface area contributed by atoms with Crippen LogP contribution in [0.3, 0.4) is 0 Å². The van der Waals surface area contributed by atoms with Crippen molar-refractivity contribution in [1.82, 2.24) is 5.32 Å². The van der Waals surface area contributed by atoms with E-state index in [9.17, 15) is 13.6 Å². The smallest absolute Gasteiger partial charge is 0.257 e. The van der Waals surface area contributed by atoms with E-state index in [4.69, 9.17) is 0 Å². The van der Waals surface area contributed by atoms with Crippen LogP contribution in [0.25, 0.3) is 0 Å². The molecule has 1 amide bonds. The zero-order valence-corrected chi connectivity index (χ0v) is 9.39. The number of amides is 1. The molecule has 0 spiro atoms. The Balaban J connectivity index is 2.80. The maximum atomic E-state index is 13.2. The summed E-state index contributed by atoms with van der Waals surface area (Å²) in [5.41, 5.74) is -0.509. The lowest BCUT2D eigenvalue weighted by atomic mass is 10.1. The van der Waals surface area contributed by atoms with Crippen molar-refractivity contribution in [1.29, 1.82) is 0 Å². The summed E-state index contributed by atoms with van der Waals surface area (Å²) in [6, 6.07) is 3.29. The van der Waals surface area contributed by atoms with Gasteiger partial charge in [-0.2, -0.15) is 0 Å². The number of hydrogen-bond acceptors (Lipinski definition) is 1. The van der Waals surface area contributed by atoms with Gasteiger partial charge in [0, 0.05) is 6.04 Å². The first kappa shape index (κ1) is 12.6. The van der Waals surface area contributed by atoms with Crippen molar-refractivity contribution >= 4 is 5.91 Å². The third-order valence-electron chi connectivity index (χ3n) is 2.29. The lowest BCUT2D eigenvalue weighted by Crippen LogP contribution is -2.33. The highest BCUT2D eigenvalue weighted by molar-refractivity contribution is 5.94. The standard InChI is InChI=1S/C12H15F2NO/c1-3-5-8(2)15-12(16)11-9(13)6-4-7-10(11)14/h4,6-8H,3,5H2,1-2H3,(H,15,16)/t8-/m0/s1. The lowest BCUT2D eigenvalue weighted by molar-refractivity contribution is 0.0930. The van der Waals surface area contributed by atoms with Crippen LogP contribution in [-0.2, 0) is 0 Å². The zero-order chi connectivity index (χ0) is 12.1. The minimum absolute atomic E-state index is 0.0866. The highest BCUT2D eigenvalue weighted by Crippen LogP contribution is 2.12. The van der Waals surface area contributed by atoms with Crippen LogP contribution in [0.15, 0.2) is 18.2 Å². The summed E-state index contributed by atoms with van der Waals surface area (Å²) >= 11 is 0. The van der Waals surface area contributed by atoms with Gasteiger partial charge in [0.05, 0.1) is 0 Å². The Labute approximate surface area is 93.7 Å². The average molecular weight is 227 g/mol. The summed E-state index contributed by atoms with van der Waals surface area (Å²) < 4.78 is 26.5. The fraction of sp³-hybridized carbons (Fsp3) is 0.417. The summed E-state index contributed by atoms with van der Waals surface area (Å²) in [4.78, 5) is 11.6. The Bertz CT molecular complexity index is 359. The third-order valence-corrected chi connectivity index (χ3v) is 2.29. The molecule has 1 rings (SSSR count). The minimum atomic E-state index is -0.832. The quantitative estimate of drug-likeness (QED) is 0.841. The highest BCUT2D eigenvalue weighted by atomic mass is 19.1. The molecule has 0 unspecified atom stereocenters. The van der Waals surface area contributed by atoms with Crippen molar-refractivity contribution < 1.29 is 13.6 Å². The van der Waals surface area contributed by atoms with Gasteiger partial charge in [-0.25, -0.2) is 8.78 Å². The van der Waals surface area contributed by atoms with Gasteiger partial charge in [-0.15, -0.1) is 0 Å². The van der Waals surface area contributed by atoms with E-state index in [-0.39, 0.29) is 6.04 Å². The molecule has 0 aromatic heterocycles. The zero-order valence-electron chi connectivity index (χ0n) is 9.39. The summed E-state index contributed by atoms with van der Waals surface area (Å²) in [6.45, 7) is 3.78. The van der Waals surface area contributed by atoms with Crippen LogP contribution in [0, 0.1) is 11.6 Å². The van der Waals surface area contributed by atoms with Crippen molar-refractivity contribution in [3.63, 3.8) is 0 Å². The Morgan fingerprint density at radius 2 is 1.94 bits per heavy atom. The van der Waals surface area contributed by atoms with E-state index in [0.29, 0.717) is 0 Å². The topological polar surface area (TPSA) is 29.1 Å². The van der Waals surface area contributed by atoms with Gasteiger partial charge in [-0.3, -0.25) is 4.79 Å². The minimum Gasteiger partial charge on any atom is -0.349 e. The van der Waals surface area contributed by atoms with E-state index < -0.39 is 23.1 Å². The lowest BCUT2D eigenvalue weighted by Gasteiger charge is -2.13. The van der Waals surface area contributed by atoms with E-state index in [1.54, 1.807) is 6.92 Å². The first-order valence-electron chi connectivity index (χ1n) is 5.31. The average Bonchev–Trinajstić information content (AvgIpc) is 2.17. The molecule has 0 fully saturated rings. The molecule has 1 aromatic carbocycles. The van der Waals surface area contributed by atoms with Gasteiger partial charge >= 0.3 is 0 Å². The van der Waals surface area contributed by atoms with Crippen molar-refractivity contribution in [3.8, 4) is 0 Å². The molecule has 1 aromatic rings. The number of nitrogens with one attached hydrogen (secondary N) is 1. The number of halogens is 2. The van der Waals surface area contributed by atoms with E-state index >= 15 is 0 Å². The van der Waals surface area contributed by atoms with Crippen LogP contribution < -0.4 is 5.32 Å². The van der Waals surface area contributed by atoms with Crippen molar-refractivity contribution in [2.24, 2.45) is 0 Å². The molecule has 88 valence electrons. The maximum absolute atomic E-state index is 13.2. The number of rotatable bonds is 4. The van der Waals surface area contributed by atoms with Crippen LogP contribution in [-0.4, -0.2) is 11.9 Å². The molecule has 0 radical (unpaired) electrons. The summed E-state index contributed by atoms with van der Waals surface area (Å²) in [6.07, 6.45) is 1.68. The second kappa shape index (κ2) is 5.58. The van der Waals surface area contributed by atoms with Crippen LogP contribution in [0.4, 0.5) is 8.78 Å². The molecule has 0 heterocycles. The number of carbonyl (C=O) groups is 1. The second-order valence-electron chi connectivity index (χ2n) is 3.76. The van der Waals surface area contributed by atoms with Gasteiger partial charge in [0.15, 0.2) is 0 Å². The summed E-state index contributed by atoms with van der Waals surface area (Å²) in [5.74, 6) is -2.36. The van der Waals surface area contributed by atoms with Gasteiger partial charge in [0.25, 0.3) is 5.91 Å². The predicted octanol–water partition coefficient (Wildman–Crippen LogP) is 2.88. The van der Waals surface area contributed by atoms with Crippen LogP contribution in [0.2, 0.25) is 0 Å². The molecule has 4 heteroatoms. The SMILES string of the molecule is CCC[C@H](C)NC(=O)c1c(F)cccc1F. The van der Waals surface area contributed by atoms with Crippen LogP contribution in [0.5, 0.6) is 0 Å². The predicted molar refractivity (Wildman–Crippen MR) is 58.2 cm³/mol. The van der Waals surface area contributed by atoms with Crippen molar-refractivity contribution in [2.75, 3.05) is 0 Å². The largest absolute Gasteiger partial charge is 0.349 e. The van der Waals surface area contributed by atoms with E-state index in [2.05, 4.69) is 5.32 Å². The molecule has 0 aliphatic carbocycles. The van der Waals surface area contributed by atoms with Crippen LogP contribution >= 0.6 is 0 Å². The normalized spacial score (nSPS) is 12.2. The molecule has 0 bridgehead atoms. The summed E-state index contributed by atoms with van der Waals surface area (Å²) in [5, 5.41) is 2.56. The first-order chi connectivity index (χ1) is 7.56. The maximum Gasteiger partial charge on any atom is 0.257 e. The Hall–Kier alpha value is -1.45. The molecular formula is C12H15F2NO. The van der Waals surface area contributed by atoms with E-state index in [1.165, 1.54) is 6.07 Å². The van der Waals surface area contributed by atoms with Crippen molar-refractivity contribution in [2.45, 2.75) is 32.7 Å². The molecule has 1 atom stereocenters. The van der Waals surface area contributed by atoms with Crippen LogP contribution in [0.1, 0.15) is 37.0 Å². The molecular weight excluding hydrogens is 212 g/mol. The first-order valence-corrected chi connectivity index (χ1v) is 5.31. The molecule has 0 saturated heterocycles. The monoisotopic (exact) mass is 227 g/mol. The molecule has 0 aliphatic heterocycles. The molecule has 0 saturated carbocycles. The van der Waals surface area contributed by atoms with E-state index in [0.717, 1.165) is 25.0 Å². The molecule has 16 heavy (non-hydrogen) atoms. The van der Waals surface area contributed by atoms with E-state index in [1.807, 2.05) is 6.92 Å². The Morgan fingerprint density at radius 3 is 2.44 bits per heavy atom. The highest BCUT2D eigenvalue weighted by Gasteiger charge is 2.17. The molecule has 1 N–H and O–H groups in total. The Morgan fingerprint density at radius 1 is 1.38 bits per heavy atom.